The van der Waals surface area contributed by atoms with Crippen LogP contribution in [0.25, 0.3) is 11.1 Å². The predicted octanol–water partition coefficient (Wildman–Crippen LogP) is 6.79. The van der Waals surface area contributed by atoms with Crippen LogP contribution in [0.4, 0.5) is 4.39 Å². The number of aryl methyl sites for hydroxylation is 4. The first-order valence-electron chi connectivity index (χ1n) is 16.0. The first-order valence-corrected chi connectivity index (χ1v) is 16.0. The fraction of sp³-hybridized carbons (Fsp3) is 0.486. The third-order valence-electron chi connectivity index (χ3n) is 8.73. The van der Waals surface area contributed by atoms with Gasteiger partial charge in [-0.25, -0.2) is 4.39 Å². The van der Waals surface area contributed by atoms with E-state index in [0.717, 1.165) is 47.2 Å². The summed E-state index contributed by atoms with van der Waals surface area (Å²) in [6.07, 6.45) is 4.52. The quantitative estimate of drug-likeness (QED) is 0.220. The molecule has 8 heteroatoms. The van der Waals surface area contributed by atoms with Crippen LogP contribution in [0.3, 0.4) is 0 Å². The number of rotatable bonds is 13. The lowest BCUT2D eigenvalue weighted by atomic mass is 9.87. The van der Waals surface area contributed by atoms with Gasteiger partial charge in [-0.15, -0.1) is 0 Å². The number of nitrogens with one attached hydrogen (secondary N) is 1. The number of hydrogen-bond donors (Lipinski definition) is 2. The Morgan fingerprint density at radius 1 is 1.02 bits per heavy atom. The van der Waals surface area contributed by atoms with Gasteiger partial charge in [0, 0.05) is 24.4 Å². The Labute approximate surface area is 266 Å². The molecule has 0 saturated heterocycles. The summed E-state index contributed by atoms with van der Waals surface area (Å²) >= 11 is 0. The van der Waals surface area contributed by atoms with E-state index in [1.807, 2.05) is 47.9 Å². The number of carbonyl (C=O) groups is 2. The topological polar surface area (TPSA) is 91.6 Å². The molecular formula is C37H48FN3O4. The number of amides is 1. The van der Waals surface area contributed by atoms with E-state index in [9.17, 15) is 19.5 Å². The van der Waals surface area contributed by atoms with Gasteiger partial charge in [-0.2, -0.15) is 0 Å². The lowest BCUT2D eigenvalue weighted by molar-refractivity contribution is -0.138. The first kappa shape index (κ1) is 34.1. The SMILES string of the molecule is Cc1cc(C)c(-c2cc(C)c(F)c([C@H](CC(=O)O)NC(=O)C(CC(C)C)n3cc(CCN(C)C)c(C)cc3=O)c2)c(C2CC2)c1. The van der Waals surface area contributed by atoms with E-state index in [4.69, 9.17) is 0 Å². The third-order valence-corrected chi connectivity index (χ3v) is 8.73. The van der Waals surface area contributed by atoms with E-state index in [0.29, 0.717) is 24.3 Å². The molecule has 242 valence electrons. The minimum atomic E-state index is -1.16. The monoisotopic (exact) mass is 617 g/mol. The minimum absolute atomic E-state index is 0.0600. The highest BCUT2D eigenvalue weighted by Gasteiger charge is 2.31. The van der Waals surface area contributed by atoms with E-state index in [1.165, 1.54) is 15.7 Å². The van der Waals surface area contributed by atoms with Crippen molar-refractivity contribution in [1.29, 1.82) is 0 Å². The number of carboxylic acid groups (broad SMARTS) is 1. The number of pyridine rings is 1. The van der Waals surface area contributed by atoms with Crippen LogP contribution in [0, 0.1) is 39.4 Å². The van der Waals surface area contributed by atoms with Crippen LogP contribution in [0.5, 0.6) is 0 Å². The molecule has 45 heavy (non-hydrogen) atoms. The maximum Gasteiger partial charge on any atom is 0.305 e. The number of carboxylic acids is 1. The summed E-state index contributed by atoms with van der Waals surface area (Å²) < 4.78 is 17.4. The Bertz CT molecular complexity index is 1640. The Balaban J connectivity index is 1.77. The molecule has 1 aliphatic carbocycles. The Morgan fingerprint density at radius 3 is 2.31 bits per heavy atom. The summed E-state index contributed by atoms with van der Waals surface area (Å²) in [6.45, 7) is 12.4. The maximum absolute atomic E-state index is 15.9. The standard InChI is InChI=1S/C37H48FN3O4/c1-21(2)13-32(41-20-27(11-12-40(7)8)23(4)17-33(41)42)37(45)39-31(19-34(43)44)30-18-28(16-25(6)36(30)38)35-24(5)14-22(3)15-29(35)26-9-10-26/h14-18,20-21,26,31-32H,9-13,19H2,1-8H3,(H,39,45)(H,43,44)/t31-,32?/m0/s1. The van der Waals surface area contributed by atoms with Crippen LogP contribution in [0.2, 0.25) is 0 Å². The van der Waals surface area contributed by atoms with Crippen molar-refractivity contribution in [2.24, 2.45) is 5.92 Å². The highest BCUT2D eigenvalue weighted by molar-refractivity contribution is 5.82. The molecule has 1 saturated carbocycles. The number of aliphatic carboxylic acids is 1. The summed E-state index contributed by atoms with van der Waals surface area (Å²) in [7, 11) is 3.96. The van der Waals surface area contributed by atoms with Crippen LogP contribution in [0.15, 0.2) is 41.3 Å². The molecule has 0 spiro atoms. The zero-order valence-corrected chi connectivity index (χ0v) is 28.0. The molecule has 2 atom stereocenters. The van der Waals surface area contributed by atoms with Crippen molar-refractivity contribution in [3.05, 3.63) is 91.6 Å². The van der Waals surface area contributed by atoms with Gasteiger partial charge in [0.05, 0.1) is 12.5 Å². The Kier molecular flexibility index (Phi) is 10.7. The molecule has 1 aromatic heterocycles. The van der Waals surface area contributed by atoms with Crippen molar-refractivity contribution in [1.82, 2.24) is 14.8 Å². The molecule has 2 aromatic carbocycles. The fourth-order valence-corrected chi connectivity index (χ4v) is 6.32. The second kappa shape index (κ2) is 14.1. The second-order valence-electron chi connectivity index (χ2n) is 13.6. The zero-order chi connectivity index (χ0) is 33.2. The molecule has 4 rings (SSSR count). The predicted molar refractivity (Wildman–Crippen MR) is 177 cm³/mol. The molecule has 2 N–H and O–H groups in total. The molecule has 7 nitrogen and oxygen atoms in total. The van der Waals surface area contributed by atoms with Crippen LogP contribution >= 0.6 is 0 Å². The molecule has 1 amide bonds. The third kappa shape index (κ3) is 8.28. The van der Waals surface area contributed by atoms with Crippen LogP contribution < -0.4 is 10.9 Å². The summed E-state index contributed by atoms with van der Waals surface area (Å²) in [5.74, 6) is -1.69. The normalized spacial score (nSPS) is 14.6. The van der Waals surface area contributed by atoms with Gasteiger partial charge in [-0.05, 0) is 130 Å². The van der Waals surface area contributed by atoms with Gasteiger partial charge in [0.1, 0.15) is 11.9 Å². The molecule has 1 aliphatic rings. The summed E-state index contributed by atoms with van der Waals surface area (Å²) in [5.41, 5.74) is 7.36. The van der Waals surface area contributed by atoms with Gasteiger partial charge < -0.3 is 19.9 Å². The molecule has 0 aliphatic heterocycles. The number of aromatic nitrogens is 1. The van der Waals surface area contributed by atoms with E-state index < -0.39 is 36.2 Å². The lowest BCUT2D eigenvalue weighted by Crippen LogP contribution is -2.40. The first-order chi connectivity index (χ1) is 21.2. The van der Waals surface area contributed by atoms with Crippen molar-refractivity contribution >= 4 is 11.9 Å². The van der Waals surface area contributed by atoms with Crippen molar-refractivity contribution in [3.63, 3.8) is 0 Å². The largest absolute Gasteiger partial charge is 0.481 e. The molecule has 1 unspecified atom stereocenters. The highest BCUT2D eigenvalue weighted by Crippen LogP contribution is 2.46. The van der Waals surface area contributed by atoms with Gasteiger partial charge in [0.15, 0.2) is 0 Å². The maximum atomic E-state index is 15.9. The summed E-state index contributed by atoms with van der Waals surface area (Å²) in [4.78, 5) is 41.5. The molecule has 0 radical (unpaired) electrons. The van der Waals surface area contributed by atoms with Gasteiger partial charge in [-0.3, -0.25) is 14.4 Å². The lowest BCUT2D eigenvalue weighted by Gasteiger charge is -2.27. The minimum Gasteiger partial charge on any atom is -0.481 e. The number of hydrogen-bond acceptors (Lipinski definition) is 4. The number of likely N-dealkylation sites (N-methyl/N-ethyl adjacent to an activating group) is 1. The van der Waals surface area contributed by atoms with Crippen LogP contribution in [0.1, 0.15) is 96.5 Å². The summed E-state index contributed by atoms with van der Waals surface area (Å²) in [5, 5.41) is 12.8. The van der Waals surface area contributed by atoms with Crippen molar-refractivity contribution < 1.29 is 19.1 Å². The van der Waals surface area contributed by atoms with Gasteiger partial charge in [-0.1, -0.05) is 31.5 Å². The number of benzene rings is 2. The summed E-state index contributed by atoms with van der Waals surface area (Å²) in [6, 6.07) is 7.34. The van der Waals surface area contributed by atoms with Crippen molar-refractivity contribution in [2.45, 2.75) is 91.6 Å². The number of carbonyl (C=O) groups excluding carboxylic acids is 1. The van der Waals surface area contributed by atoms with Gasteiger partial charge in [0.2, 0.25) is 5.91 Å². The second-order valence-corrected chi connectivity index (χ2v) is 13.6. The average Bonchev–Trinajstić information content (AvgIpc) is 3.77. The van der Waals surface area contributed by atoms with E-state index >= 15 is 4.39 Å². The highest BCUT2D eigenvalue weighted by atomic mass is 19.1. The van der Waals surface area contributed by atoms with Crippen LogP contribution in [-0.4, -0.2) is 47.1 Å². The molecule has 0 bridgehead atoms. The average molecular weight is 618 g/mol. The Hall–Kier alpha value is -3.78. The molecule has 1 fully saturated rings. The van der Waals surface area contributed by atoms with Gasteiger partial charge in [0.25, 0.3) is 5.56 Å². The Morgan fingerprint density at radius 2 is 1.71 bits per heavy atom. The van der Waals surface area contributed by atoms with E-state index in [-0.39, 0.29) is 17.0 Å². The molecular weight excluding hydrogens is 569 g/mol. The van der Waals surface area contributed by atoms with Gasteiger partial charge >= 0.3 is 5.97 Å². The molecule has 3 aromatic rings. The zero-order valence-electron chi connectivity index (χ0n) is 28.0. The molecule has 1 heterocycles. The van der Waals surface area contributed by atoms with E-state index in [1.54, 1.807) is 25.3 Å². The van der Waals surface area contributed by atoms with Crippen LogP contribution in [-0.2, 0) is 16.0 Å². The van der Waals surface area contributed by atoms with Crippen molar-refractivity contribution in [2.75, 3.05) is 20.6 Å². The number of nitrogens with zero attached hydrogens (tertiary/aromatic N) is 2. The van der Waals surface area contributed by atoms with E-state index in [2.05, 4.69) is 29.3 Å². The smallest absolute Gasteiger partial charge is 0.305 e. The van der Waals surface area contributed by atoms with Crippen molar-refractivity contribution in [3.8, 4) is 11.1 Å². The fourth-order valence-electron chi connectivity index (χ4n) is 6.32. The number of halogens is 1.